The van der Waals surface area contributed by atoms with Gasteiger partial charge in [0.25, 0.3) is 0 Å². The number of nitrogens with zero attached hydrogens (tertiary/aromatic N) is 1. The van der Waals surface area contributed by atoms with Crippen LogP contribution in [0.15, 0.2) is 72.8 Å². The molecule has 4 heteroatoms. The van der Waals surface area contributed by atoms with Gasteiger partial charge in [-0.15, -0.1) is 0 Å². The Bertz CT molecular complexity index is 1190. The lowest BCUT2D eigenvalue weighted by atomic mass is 9.46. The van der Waals surface area contributed by atoms with Crippen LogP contribution in [0.2, 0.25) is 5.02 Å². The molecule has 148 valence electrons. The van der Waals surface area contributed by atoms with Crippen LogP contribution in [-0.2, 0) is 15.0 Å². The number of benzene rings is 3. The fourth-order valence-corrected chi connectivity index (χ4v) is 6.58. The van der Waals surface area contributed by atoms with Crippen molar-refractivity contribution < 1.29 is 9.59 Å². The molecule has 1 aliphatic heterocycles. The summed E-state index contributed by atoms with van der Waals surface area (Å²) in [5.74, 6) is -1.11. The van der Waals surface area contributed by atoms with Crippen molar-refractivity contribution in [3.8, 4) is 0 Å². The van der Waals surface area contributed by atoms with Gasteiger partial charge in [-0.3, -0.25) is 9.59 Å². The molecular weight excluding hydrogens is 394 g/mol. The number of amides is 2. The third kappa shape index (κ3) is 1.96. The van der Waals surface area contributed by atoms with Gasteiger partial charge in [0.1, 0.15) is 0 Å². The highest BCUT2D eigenvalue weighted by Gasteiger charge is 2.67. The van der Waals surface area contributed by atoms with Crippen molar-refractivity contribution in [2.75, 3.05) is 4.90 Å². The molecule has 2 bridgehead atoms. The van der Waals surface area contributed by atoms with Gasteiger partial charge in [0.05, 0.1) is 17.5 Å². The lowest BCUT2D eigenvalue weighted by Gasteiger charge is -2.54. The molecule has 0 N–H and O–H groups in total. The molecule has 30 heavy (non-hydrogen) atoms. The summed E-state index contributed by atoms with van der Waals surface area (Å²) in [6.45, 7) is 2.13. The third-order valence-electron chi connectivity index (χ3n) is 7.42. The van der Waals surface area contributed by atoms with E-state index < -0.39 is 11.3 Å². The topological polar surface area (TPSA) is 37.4 Å². The van der Waals surface area contributed by atoms with Gasteiger partial charge in [-0.1, -0.05) is 73.1 Å². The van der Waals surface area contributed by atoms with E-state index in [2.05, 4.69) is 31.2 Å². The Hall–Kier alpha value is -2.91. The molecule has 1 heterocycles. The minimum atomic E-state index is -0.493. The highest BCUT2D eigenvalue weighted by atomic mass is 35.5. The summed E-state index contributed by atoms with van der Waals surface area (Å²) in [5.41, 5.74) is 4.85. The molecule has 3 aromatic carbocycles. The second-order valence-corrected chi connectivity index (χ2v) is 8.91. The van der Waals surface area contributed by atoms with E-state index >= 15 is 0 Å². The molecule has 0 aromatic heterocycles. The molecule has 4 aliphatic rings. The van der Waals surface area contributed by atoms with Crippen LogP contribution in [0.4, 0.5) is 5.69 Å². The van der Waals surface area contributed by atoms with Gasteiger partial charge in [-0.05, 0) is 46.9 Å². The molecule has 3 aliphatic carbocycles. The van der Waals surface area contributed by atoms with Crippen molar-refractivity contribution in [3.05, 3.63) is 100 Å². The van der Waals surface area contributed by atoms with Gasteiger partial charge in [0, 0.05) is 16.4 Å². The summed E-state index contributed by atoms with van der Waals surface area (Å²) in [6, 6.07) is 23.8. The Morgan fingerprint density at radius 3 is 2.10 bits per heavy atom. The number of anilines is 1. The average molecular weight is 414 g/mol. The van der Waals surface area contributed by atoms with Crippen molar-refractivity contribution >= 4 is 29.1 Å². The molecule has 0 radical (unpaired) electrons. The first kappa shape index (κ1) is 17.9. The molecule has 3 nitrogen and oxygen atoms in total. The summed E-state index contributed by atoms with van der Waals surface area (Å²) in [4.78, 5) is 29.1. The Labute approximate surface area is 180 Å². The Morgan fingerprint density at radius 2 is 1.50 bits per heavy atom. The van der Waals surface area contributed by atoms with Crippen molar-refractivity contribution in [2.24, 2.45) is 11.8 Å². The SMILES string of the molecule is CCC12c3ccccc3C(c3ccccc31)[C@@H]1C(=O)N(c3cccc(Cl)c3)C(=O)[C@@H]12. The summed E-state index contributed by atoms with van der Waals surface area (Å²) < 4.78 is 0. The van der Waals surface area contributed by atoms with E-state index in [-0.39, 0.29) is 23.7 Å². The number of hydrogen-bond acceptors (Lipinski definition) is 2. The van der Waals surface area contributed by atoms with Crippen LogP contribution in [0.5, 0.6) is 0 Å². The van der Waals surface area contributed by atoms with Gasteiger partial charge in [0.15, 0.2) is 0 Å². The fraction of sp³-hybridized carbons (Fsp3) is 0.231. The summed E-state index contributed by atoms with van der Waals surface area (Å²) >= 11 is 6.19. The van der Waals surface area contributed by atoms with Gasteiger partial charge < -0.3 is 0 Å². The molecule has 7 rings (SSSR count). The Morgan fingerprint density at radius 1 is 0.867 bits per heavy atom. The monoisotopic (exact) mass is 413 g/mol. The second kappa shape index (κ2) is 6.05. The number of carbonyl (C=O) groups is 2. The van der Waals surface area contributed by atoms with Gasteiger partial charge >= 0.3 is 0 Å². The Balaban J connectivity index is 1.65. The first-order valence-electron chi connectivity index (χ1n) is 10.4. The van der Waals surface area contributed by atoms with Crippen LogP contribution in [-0.4, -0.2) is 11.8 Å². The van der Waals surface area contributed by atoms with E-state index in [4.69, 9.17) is 11.6 Å². The molecule has 3 aromatic rings. The van der Waals surface area contributed by atoms with Crippen molar-refractivity contribution in [2.45, 2.75) is 24.7 Å². The quantitative estimate of drug-likeness (QED) is 0.534. The highest BCUT2D eigenvalue weighted by Crippen LogP contribution is 2.65. The first-order chi connectivity index (χ1) is 14.6. The molecule has 1 fully saturated rings. The zero-order valence-corrected chi connectivity index (χ0v) is 17.3. The zero-order chi connectivity index (χ0) is 20.6. The molecule has 2 atom stereocenters. The van der Waals surface area contributed by atoms with E-state index in [1.165, 1.54) is 27.2 Å². The molecule has 0 spiro atoms. The lowest BCUT2D eigenvalue weighted by molar-refractivity contribution is -0.123. The summed E-state index contributed by atoms with van der Waals surface area (Å²) in [6.07, 6.45) is 0.761. The van der Waals surface area contributed by atoms with Gasteiger partial charge in [-0.25, -0.2) is 4.90 Å². The normalized spacial score (nSPS) is 28.3. The minimum Gasteiger partial charge on any atom is -0.274 e. The van der Waals surface area contributed by atoms with Crippen molar-refractivity contribution in [1.82, 2.24) is 0 Å². The summed E-state index contributed by atoms with van der Waals surface area (Å²) in [5, 5.41) is 0.516. The second-order valence-electron chi connectivity index (χ2n) is 8.47. The highest BCUT2D eigenvalue weighted by molar-refractivity contribution is 6.31. The van der Waals surface area contributed by atoms with Crippen LogP contribution >= 0.6 is 11.6 Å². The van der Waals surface area contributed by atoms with Crippen LogP contribution in [0.1, 0.15) is 41.5 Å². The number of halogens is 1. The molecule has 1 saturated heterocycles. The van der Waals surface area contributed by atoms with Gasteiger partial charge in [0.2, 0.25) is 11.8 Å². The standard InChI is InChI=1S/C26H20ClNO2/c1-2-26-19-12-5-3-10-17(19)21(18-11-4-6-13-20(18)26)22-23(26)25(30)28(24(22)29)16-9-7-8-15(27)14-16/h3-14,21-23H,2H2,1H3/t21?,22-,23+,26?/m0/s1. The predicted molar refractivity (Wildman–Crippen MR) is 117 cm³/mol. The van der Waals surface area contributed by atoms with E-state index in [0.717, 1.165) is 6.42 Å². The summed E-state index contributed by atoms with van der Waals surface area (Å²) in [7, 11) is 0. The molecule has 0 unspecified atom stereocenters. The zero-order valence-electron chi connectivity index (χ0n) is 16.5. The van der Waals surface area contributed by atoms with E-state index in [1.807, 2.05) is 24.3 Å². The maximum absolute atomic E-state index is 13.9. The maximum Gasteiger partial charge on any atom is 0.238 e. The lowest BCUT2D eigenvalue weighted by Crippen LogP contribution is -2.53. The van der Waals surface area contributed by atoms with Crippen molar-refractivity contribution in [3.63, 3.8) is 0 Å². The van der Waals surface area contributed by atoms with Gasteiger partial charge in [-0.2, -0.15) is 0 Å². The molecular formula is C26H20ClNO2. The number of imide groups is 1. The first-order valence-corrected chi connectivity index (χ1v) is 10.8. The maximum atomic E-state index is 13.9. The third-order valence-corrected chi connectivity index (χ3v) is 7.65. The largest absolute Gasteiger partial charge is 0.274 e. The predicted octanol–water partition coefficient (Wildman–Crippen LogP) is 5.30. The fourth-order valence-electron chi connectivity index (χ4n) is 6.40. The Kier molecular flexibility index (Phi) is 3.61. The van der Waals surface area contributed by atoms with Crippen LogP contribution in [0.25, 0.3) is 0 Å². The van der Waals surface area contributed by atoms with Crippen molar-refractivity contribution in [1.29, 1.82) is 0 Å². The average Bonchev–Trinajstić information content (AvgIpc) is 3.05. The molecule has 0 saturated carbocycles. The van der Waals surface area contributed by atoms with E-state index in [0.29, 0.717) is 10.7 Å². The smallest absolute Gasteiger partial charge is 0.238 e. The molecule has 2 amide bonds. The van der Waals surface area contributed by atoms with E-state index in [9.17, 15) is 9.59 Å². The van der Waals surface area contributed by atoms with E-state index in [1.54, 1.807) is 24.3 Å². The van der Waals surface area contributed by atoms with Crippen LogP contribution < -0.4 is 4.90 Å². The number of carbonyl (C=O) groups excluding carboxylic acids is 2. The minimum absolute atomic E-state index is 0.101. The number of rotatable bonds is 2. The van der Waals surface area contributed by atoms with Crippen LogP contribution in [0, 0.1) is 11.8 Å². The van der Waals surface area contributed by atoms with Crippen LogP contribution in [0.3, 0.4) is 0 Å². The number of hydrogen-bond donors (Lipinski definition) is 0.